The molecule has 1 aromatic heterocycles. The van der Waals surface area contributed by atoms with Crippen LogP contribution in [0.3, 0.4) is 0 Å². The first kappa shape index (κ1) is 15.6. The molecule has 1 unspecified atom stereocenters. The van der Waals surface area contributed by atoms with Gasteiger partial charge in [-0.2, -0.15) is 0 Å². The van der Waals surface area contributed by atoms with E-state index in [0.29, 0.717) is 5.76 Å². The predicted molar refractivity (Wildman–Crippen MR) is 64.8 cm³/mol. The van der Waals surface area contributed by atoms with Gasteiger partial charge in [0, 0.05) is 6.54 Å². The molecule has 1 amide bonds. The molecule has 1 heterocycles. The van der Waals surface area contributed by atoms with Crippen molar-refractivity contribution in [3.63, 3.8) is 0 Å². The fourth-order valence-corrected chi connectivity index (χ4v) is 1.67. The van der Waals surface area contributed by atoms with Gasteiger partial charge in [-0.3, -0.25) is 9.69 Å². The van der Waals surface area contributed by atoms with E-state index in [1.807, 2.05) is 0 Å². The van der Waals surface area contributed by atoms with Crippen LogP contribution >= 0.6 is 0 Å². The van der Waals surface area contributed by atoms with E-state index in [1.165, 1.54) is 11.2 Å². The maximum atomic E-state index is 12.3. The van der Waals surface area contributed by atoms with Crippen molar-refractivity contribution in [1.29, 1.82) is 0 Å². The highest BCUT2D eigenvalue weighted by molar-refractivity contribution is 5.78. The van der Waals surface area contributed by atoms with Crippen molar-refractivity contribution in [3.05, 3.63) is 24.2 Å². The molecule has 0 aliphatic heterocycles. The molecule has 7 heteroatoms. The molecule has 0 aromatic carbocycles. The van der Waals surface area contributed by atoms with Crippen molar-refractivity contribution >= 4 is 5.91 Å². The summed E-state index contributed by atoms with van der Waals surface area (Å²) in [5.74, 6) is 0.203. The Morgan fingerprint density at radius 3 is 2.84 bits per heavy atom. The van der Waals surface area contributed by atoms with Crippen molar-refractivity contribution in [2.24, 2.45) is 0 Å². The topological polar surface area (TPSA) is 65.7 Å². The van der Waals surface area contributed by atoms with Gasteiger partial charge in [0.05, 0.1) is 32.0 Å². The third kappa shape index (κ3) is 5.80. The highest BCUT2D eigenvalue weighted by Crippen LogP contribution is 2.11. The number of carbonyl (C=O) groups excluding carboxylic acids is 1. The van der Waals surface area contributed by atoms with Gasteiger partial charge in [-0.05, 0) is 19.1 Å². The van der Waals surface area contributed by atoms with Crippen LogP contribution in [0.4, 0.5) is 8.78 Å². The number of aliphatic hydroxyl groups excluding tert-OH is 1. The molecule has 19 heavy (non-hydrogen) atoms. The molecule has 0 bridgehead atoms. The maximum absolute atomic E-state index is 12.3. The third-order valence-electron chi connectivity index (χ3n) is 2.53. The molecular weight excluding hydrogens is 258 g/mol. The molecule has 0 fully saturated rings. The van der Waals surface area contributed by atoms with Crippen LogP contribution in [-0.2, 0) is 4.79 Å². The van der Waals surface area contributed by atoms with Gasteiger partial charge in [0.25, 0.3) is 6.43 Å². The Labute approximate surface area is 110 Å². The normalized spacial score (nSPS) is 12.9. The summed E-state index contributed by atoms with van der Waals surface area (Å²) in [4.78, 5) is 12.9. The summed E-state index contributed by atoms with van der Waals surface area (Å²) in [5.41, 5.74) is 0. The molecule has 0 saturated heterocycles. The summed E-state index contributed by atoms with van der Waals surface area (Å²) in [5, 5.41) is 11.4. The third-order valence-corrected chi connectivity index (χ3v) is 2.53. The van der Waals surface area contributed by atoms with Crippen LogP contribution in [-0.4, -0.2) is 48.6 Å². The van der Waals surface area contributed by atoms with Crippen LogP contribution < -0.4 is 5.32 Å². The number of carbonyl (C=O) groups is 1. The Bertz CT molecular complexity index is 371. The van der Waals surface area contributed by atoms with E-state index in [2.05, 4.69) is 5.32 Å². The Kier molecular flexibility index (Phi) is 6.44. The largest absolute Gasteiger partial charge is 0.467 e. The van der Waals surface area contributed by atoms with Crippen LogP contribution in [0.5, 0.6) is 0 Å². The number of amides is 1. The monoisotopic (exact) mass is 276 g/mol. The van der Waals surface area contributed by atoms with E-state index in [-0.39, 0.29) is 25.7 Å². The van der Waals surface area contributed by atoms with Gasteiger partial charge < -0.3 is 14.8 Å². The highest BCUT2D eigenvalue weighted by Gasteiger charge is 2.17. The second-order valence-electron chi connectivity index (χ2n) is 4.15. The van der Waals surface area contributed by atoms with Gasteiger partial charge in [0.1, 0.15) is 5.76 Å². The van der Waals surface area contributed by atoms with Crippen LogP contribution in [0, 0.1) is 0 Å². The van der Waals surface area contributed by atoms with E-state index in [9.17, 15) is 13.6 Å². The second kappa shape index (κ2) is 7.85. The lowest BCUT2D eigenvalue weighted by Crippen LogP contribution is -2.41. The highest BCUT2D eigenvalue weighted by atomic mass is 19.3. The smallest absolute Gasteiger partial charge is 0.251 e. The number of furan rings is 1. The Balaban J connectivity index is 2.43. The molecule has 0 radical (unpaired) electrons. The fourth-order valence-electron chi connectivity index (χ4n) is 1.67. The van der Waals surface area contributed by atoms with Crippen LogP contribution in [0.15, 0.2) is 22.8 Å². The van der Waals surface area contributed by atoms with Gasteiger partial charge in [-0.15, -0.1) is 0 Å². The van der Waals surface area contributed by atoms with Gasteiger partial charge in [0.2, 0.25) is 5.91 Å². The summed E-state index contributed by atoms with van der Waals surface area (Å²) in [6.45, 7) is 0.778. The van der Waals surface area contributed by atoms with Crippen LogP contribution in [0.25, 0.3) is 0 Å². The van der Waals surface area contributed by atoms with E-state index in [1.54, 1.807) is 19.1 Å². The second-order valence-corrected chi connectivity index (χ2v) is 4.15. The first-order valence-electron chi connectivity index (χ1n) is 5.97. The summed E-state index contributed by atoms with van der Waals surface area (Å²) in [6.07, 6.45) is -1.05. The molecule has 0 aliphatic rings. The van der Waals surface area contributed by atoms with Gasteiger partial charge >= 0.3 is 0 Å². The van der Waals surface area contributed by atoms with E-state index >= 15 is 0 Å². The summed E-state index contributed by atoms with van der Waals surface area (Å²) in [7, 11) is 0. The number of hydrogen-bond donors (Lipinski definition) is 2. The van der Waals surface area contributed by atoms with Crippen LogP contribution in [0.2, 0.25) is 0 Å². The molecule has 1 rings (SSSR count). The minimum absolute atomic E-state index is 0.0346. The number of hydrogen-bond acceptors (Lipinski definition) is 4. The van der Waals surface area contributed by atoms with Gasteiger partial charge in [-0.25, -0.2) is 8.78 Å². The van der Waals surface area contributed by atoms with E-state index < -0.39 is 18.9 Å². The standard InChI is InChI=1S/C12H18F2N2O3/c1-9(10-3-2-6-19-10)15-12(18)8-16(4-5-17)7-11(13)14/h2-3,6,9,11,17H,4-5,7-8H2,1H3,(H,15,18). The number of nitrogens with one attached hydrogen (secondary N) is 1. The van der Waals surface area contributed by atoms with E-state index in [0.717, 1.165) is 0 Å². The lowest BCUT2D eigenvalue weighted by atomic mass is 10.2. The zero-order valence-corrected chi connectivity index (χ0v) is 10.7. The van der Waals surface area contributed by atoms with Crippen LogP contribution in [0.1, 0.15) is 18.7 Å². The van der Waals surface area contributed by atoms with Crippen molar-refractivity contribution in [2.45, 2.75) is 19.4 Å². The Morgan fingerprint density at radius 2 is 2.32 bits per heavy atom. The molecule has 2 N–H and O–H groups in total. The first-order valence-corrected chi connectivity index (χ1v) is 5.97. The Hall–Kier alpha value is -1.47. The van der Waals surface area contributed by atoms with Crippen molar-refractivity contribution in [2.75, 3.05) is 26.2 Å². The number of nitrogens with zero attached hydrogens (tertiary/aromatic N) is 1. The molecule has 0 spiro atoms. The molecule has 1 atom stereocenters. The molecule has 5 nitrogen and oxygen atoms in total. The van der Waals surface area contributed by atoms with Gasteiger partial charge in [-0.1, -0.05) is 0 Å². The lowest BCUT2D eigenvalue weighted by molar-refractivity contribution is -0.123. The average molecular weight is 276 g/mol. The molecule has 108 valence electrons. The first-order chi connectivity index (χ1) is 9.02. The quantitative estimate of drug-likeness (QED) is 0.744. The minimum atomic E-state index is -2.54. The minimum Gasteiger partial charge on any atom is -0.467 e. The fraction of sp³-hybridized carbons (Fsp3) is 0.583. The molecule has 0 saturated carbocycles. The number of halogens is 2. The number of alkyl halides is 2. The SMILES string of the molecule is CC(NC(=O)CN(CCO)CC(F)F)c1ccco1. The number of aliphatic hydroxyl groups is 1. The van der Waals surface area contributed by atoms with Crippen molar-refractivity contribution in [3.8, 4) is 0 Å². The van der Waals surface area contributed by atoms with Crippen molar-refractivity contribution < 1.29 is 23.1 Å². The lowest BCUT2D eigenvalue weighted by Gasteiger charge is -2.21. The zero-order chi connectivity index (χ0) is 14.3. The molecular formula is C12H18F2N2O3. The predicted octanol–water partition coefficient (Wildman–Crippen LogP) is 1.02. The zero-order valence-electron chi connectivity index (χ0n) is 10.7. The van der Waals surface area contributed by atoms with Crippen molar-refractivity contribution in [1.82, 2.24) is 10.2 Å². The molecule has 1 aromatic rings. The summed E-state index contributed by atoms with van der Waals surface area (Å²) >= 11 is 0. The summed E-state index contributed by atoms with van der Waals surface area (Å²) in [6, 6.07) is 3.09. The van der Waals surface area contributed by atoms with E-state index in [4.69, 9.17) is 9.52 Å². The summed E-state index contributed by atoms with van der Waals surface area (Å²) < 4.78 is 29.7. The maximum Gasteiger partial charge on any atom is 0.251 e. The van der Waals surface area contributed by atoms with Gasteiger partial charge in [0.15, 0.2) is 0 Å². The number of rotatable bonds is 8. The Morgan fingerprint density at radius 1 is 1.58 bits per heavy atom. The molecule has 0 aliphatic carbocycles. The average Bonchev–Trinajstić information content (AvgIpc) is 2.81.